The third-order valence-electron chi connectivity index (χ3n) is 2.73. The van der Waals surface area contributed by atoms with Crippen LogP contribution in [0.5, 0.6) is 11.5 Å². The Morgan fingerprint density at radius 2 is 2.00 bits per heavy atom. The Bertz CT molecular complexity index is 668. The maximum absolute atomic E-state index is 10.5. The Balaban J connectivity index is 2.07. The number of hydrogen-bond donors (Lipinski definition) is 2. The van der Waals surface area contributed by atoms with E-state index in [1.165, 1.54) is 25.5 Å². The van der Waals surface area contributed by atoms with Crippen LogP contribution in [0, 0.1) is 10.1 Å². The minimum Gasteiger partial charge on any atom is -0.504 e. The second kappa shape index (κ2) is 6.38. The first-order chi connectivity index (χ1) is 10.1. The molecule has 7 nitrogen and oxygen atoms in total. The molecule has 7 heteroatoms. The minimum absolute atomic E-state index is 0.00532. The molecule has 0 amide bonds. The van der Waals surface area contributed by atoms with E-state index >= 15 is 0 Å². The molecule has 108 valence electrons. The smallest absolute Gasteiger partial charge is 0.269 e. The van der Waals surface area contributed by atoms with Crippen molar-refractivity contribution in [2.75, 3.05) is 12.5 Å². The summed E-state index contributed by atoms with van der Waals surface area (Å²) in [7, 11) is 1.46. The maximum atomic E-state index is 10.5. The highest BCUT2D eigenvalue weighted by atomic mass is 16.6. The Morgan fingerprint density at radius 3 is 2.62 bits per heavy atom. The lowest BCUT2D eigenvalue weighted by Crippen LogP contribution is -1.93. The topological polar surface area (TPSA) is 97.0 Å². The first kappa shape index (κ1) is 14.3. The monoisotopic (exact) mass is 287 g/mol. The van der Waals surface area contributed by atoms with Gasteiger partial charge in [-0.3, -0.25) is 15.5 Å². The first-order valence-corrected chi connectivity index (χ1v) is 6.01. The van der Waals surface area contributed by atoms with Crippen LogP contribution < -0.4 is 10.2 Å². The van der Waals surface area contributed by atoms with E-state index in [1.54, 1.807) is 30.3 Å². The first-order valence-electron chi connectivity index (χ1n) is 6.01. The summed E-state index contributed by atoms with van der Waals surface area (Å²) in [5, 5.41) is 24.4. The number of ether oxygens (including phenoxy) is 1. The van der Waals surface area contributed by atoms with E-state index in [-0.39, 0.29) is 11.4 Å². The fraction of sp³-hybridized carbons (Fsp3) is 0.0714. The van der Waals surface area contributed by atoms with Gasteiger partial charge in [-0.05, 0) is 24.3 Å². The minimum atomic E-state index is -0.471. The van der Waals surface area contributed by atoms with Crippen molar-refractivity contribution in [2.45, 2.75) is 0 Å². The predicted octanol–water partition coefficient (Wildman–Crippen LogP) is 2.76. The van der Waals surface area contributed by atoms with Gasteiger partial charge in [-0.25, -0.2) is 0 Å². The zero-order valence-corrected chi connectivity index (χ0v) is 11.2. The van der Waals surface area contributed by atoms with Crippen LogP contribution >= 0.6 is 0 Å². The summed E-state index contributed by atoms with van der Waals surface area (Å²) >= 11 is 0. The van der Waals surface area contributed by atoms with Crippen LogP contribution in [-0.2, 0) is 0 Å². The Hall–Kier alpha value is -3.09. The van der Waals surface area contributed by atoms with Gasteiger partial charge < -0.3 is 9.84 Å². The molecule has 0 aliphatic heterocycles. The number of hydrazone groups is 1. The number of hydrogen-bond acceptors (Lipinski definition) is 6. The Morgan fingerprint density at radius 1 is 1.29 bits per heavy atom. The molecule has 0 bridgehead atoms. The summed E-state index contributed by atoms with van der Waals surface area (Å²) in [5.41, 5.74) is 3.81. The van der Waals surface area contributed by atoms with Crippen LogP contribution in [0.1, 0.15) is 5.56 Å². The predicted molar refractivity (Wildman–Crippen MR) is 79.0 cm³/mol. The summed E-state index contributed by atoms with van der Waals surface area (Å²) in [6.45, 7) is 0. The van der Waals surface area contributed by atoms with Crippen LogP contribution in [0.2, 0.25) is 0 Å². The lowest BCUT2D eigenvalue weighted by Gasteiger charge is -2.05. The number of rotatable bonds is 5. The molecule has 0 aliphatic carbocycles. The number of anilines is 1. The van der Waals surface area contributed by atoms with Gasteiger partial charge in [-0.2, -0.15) is 5.10 Å². The van der Waals surface area contributed by atoms with Gasteiger partial charge in [0.25, 0.3) is 5.69 Å². The number of nitrogens with zero attached hydrogens (tertiary/aromatic N) is 2. The molecule has 0 saturated carbocycles. The third-order valence-corrected chi connectivity index (χ3v) is 2.73. The SMILES string of the molecule is COc1cccc(C=NNc2ccc([N+](=O)[O-])cc2)c1O. The molecule has 0 radical (unpaired) electrons. The molecular weight excluding hydrogens is 274 g/mol. The highest BCUT2D eigenvalue weighted by molar-refractivity contribution is 5.85. The summed E-state index contributed by atoms with van der Waals surface area (Å²) in [6.07, 6.45) is 1.43. The maximum Gasteiger partial charge on any atom is 0.269 e. The van der Waals surface area contributed by atoms with Crippen molar-refractivity contribution in [3.8, 4) is 11.5 Å². The number of phenolic OH excluding ortho intramolecular Hbond substituents is 1. The largest absolute Gasteiger partial charge is 0.504 e. The van der Waals surface area contributed by atoms with Crippen molar-refractivity contribution < 1.29 is 14.8 Å². The average Bonchev–Trinajstić information content (AvgIpc) is 2.49. The number of methoxy groups -OCH3 is 1. The zero-order chi connectivity index (χ0) is 15.2. The molecule has 0 atom stereocenters. The van der Waals surface area contributed by atoms with E-state index in [0.717, 1.165) is 0 Å². The van der Waals surface area contributed by atoms with Crippen molar-refractivity contribution in [3.05, 3.63) is 58.1 Å². The number of nitro benzene ring substituents is 1. The molecule has 2 aromatic rings. The van der Waals surface area contributed by atoms with Crippen molar-refractivity contribution >= 4 is 17.6 Å². The molecule has 0 aromatic heterocycles. The van der Waals surface area contributed by atoms with Crippen LogP contribution in [0.3, 0.4) is 0 Å². The fourth-order valence-electron chi connectivity index (χ4n) is 1.64. The molecule has 21 heavy (non-hydrogen) atoms. The number of non-ortho nitro benzene ring substituents is 1. The second-order valence-corrected chi connectivity index (χ2v) is 4.07. The van der Waals surface area contributed by atoms with Gasteiger partial charge in [0, 0.05) is 17.7 Å². The summed E-state index contributed by atoms with van der Waals surface area (Å²) < 4.78 is 4.99. The molecular formula is C14H13N3O4. The van der Waals surface area contributed by atoms with Crippen LogP contribution in [0.4, 0.5) is 11.4 Å². The van der Waals surface area contributed by atoms with Crippen LogP contribution in [0.15, 0.2) is 47.6 Å². The van der Waals surface area contributed by atoms with Gasteiger partial charge in [0.05, 0.1) is 23.9 Å². The Labute approximate surface area is 120 Å². The summed E-state index contributed by atoms with van der Waals surface area (Å²) in [6, 6.07) is 10.9. The quantitative estimate of drug-likeness (QED) is 0.500. The van der Waals surface area contributed by atoms with E-state index in [0.29, 0.717) is 17.0 Å². The van der Waals surface area contributed by atoms with Gasteiger partial charge >= 0.3 is 0 Å². The molecule has 0 unspecified atom stereocenters. The number of nitro groups is 1. The average molecular weight is 287 g/mol. The van der Waals surface area contributed by atoms with E-state index < -0.39 is 4.92 Å². The van der Waals surface area contributed by atoms with E-state index in [9.17, 15) is 15.2 Å². The normalized spacial score (nSPS) is 10.5. The van der Waals surface area contributed by atoms with Gasteiger partial charge in [0.15, 0.2) is 11.5 Å². The van der Waals surface area contributed by atoms with Crippen molar-refractivity contribution in [2.24, 2.45) is 5.10 Å². The number of aromatic hydroxyl groups is 1. The van der Waals surface area contributed by atoms with Gasteiger partial charge in [-0.15, -0.1) is 0 Å². The lowest BCUT2D eigenvalue weighted by atomic mass is 10.2. The molecule has 2 rings (SSSR count). The molecule has 0 spiro atoms. The van der Waals surface area contributed by atoms with Crippen molar-refractivity contribution in [1.82, 2.24) is 0 Å². The van der Waals surface area contributed by atoms with Crippen LogP contribution in [0.25, 0.3) is 0 Å². The van der Waals surface area contributed by atoms with Crippen molar-refractivity contribution in [1.29, 1.82) is 0 Å². The second-order valence-electron chi connectivity index (χ2n) is 4.07. The zero-order valence-electron chi connectivity index (χ0n) is 11.2. The van der Waals surface area contributed by atoms with Gasteiger partial charge in [0.1, 0.15) is 0 Å². The molecule has 0 fully saturated rings. The van der Waals surface area contributed by atoms with Gasteiger partial charge in [0.2, 0.25) is 0 Å². The highest BCUT2D eigenvalue weighted by Gasteiger charge is 2.05. The standard InChI is InChI=1S/C14H13N3O4/c1-21-13-4-2-3-10(14(13)18)9-15-16-11-5-7-12(8-6-11)17(19)20/h2-9,16,18H,1H3. The van der Waals surface area contributed by atoms with Crippen molar-refractivity contribution in [3.63, 3.8) is 0 Å². The van der Waals surface area contributed by atoms with E-state index in [2.05, 4.69) is 10.5 Å². The molecule has 2 N–H and O–H groups in total. The third kappa shape index (κ3) is 3.47. The number of nitrogens with one attached hydrogen (secondary N) is 1. The summed E-state index contributed by atoms with van der Waals surface area (Å²) in [4.78, 5) is 10.1. The number of benzene rings is 2. The molecule has 2 aromatic carbocycles. The Kier molecular flexibility index (Phi) is 4.35. The van der Waals surface area contributed by atoms with E-state index in [1.807, 2.05) is 0 Å². The van der Waals surface area contributed by atoms with E-state index in [4.69, 9.17) is 4.74 Å². The lowest BCUT2D eigenvalue weighted by molar-refractivity contribution is -0.384. The number of phenols is 1. The molecule has 0 aliphatic rings. The van der Waals surface area contributed by atoms with Crippen LogP contribution in [-0.4, -0.2) is 23.4 Å². The summed E-state index contributed by atoms with van der Waals surface area (Å²) in [5.74, 6) is 0.350. The number of para-hydroxylation sites is 1. The van der Waals surface area contributed by atoms with Gasteiger partial charge in [-0.1, -0.05) is 6.07 Å². The molecule has 0 heterocycles. The fourth-order valence-corrected chi connectivity index (χ4v) is 1.64. The molecule has 0 saturated heterocycles. The highest BCUT2D eigenvalue weighted by Crippen LogP contribution is 2.28.